The van der Waals surface area contributed by atoms with Crippen molar-refractivity contribution in [1.82, 2.24) is 20.3 Å². The first-order chi connectivity index (χ1) is 10.5. The summed E-state index contributed by atoms with van der Waals surface area (Å²) in [5, 5.41) is 4.73. The number of nitrogens with one attached hydrogen (secondary N) is 1. The highest BCUT2D eigenvalue weighted by atomic mass is 32.2. The number of hydrogen-bond acceptors (Lipinski definition) is 6. The maximum absolute atomic E-state index is 12.0. The molecule has 0 fully saturated rings. The average Bonchev–Trinajstić information content (AvgIpc) is 2.89. The zero-order chi connectivity index (χ0) is 16.1. The highest BCUT2D eigenvalue weighted by Gasteiger charge is 2.10. The van der Waals surface area contributed by atoms with Crippen molar-refractivity contribution in [3.8, 4) is 0 Å². The van der Waals surface area contributed by atoms with Crippen LogP contribution >= 0.6 is 23.1 Å². The molecule has 0 atom stereocenters. The molecule has 0 aliphatic heterocycles. The number of aryl methyl sites for hydroxylation is 3. The predicted molar refractivity (Wildman–Crippen MR) is 90.3 cm³/mol. The number of thiazole rings is 1. The van der Waals surface area contributed by atoms with Crippen molar-refractivity contribution >= 4 is 29.0 Å². The fraction of sp³-hybridized carbons (Fsp3) is 0.467. The number of carbonyl (C=O) groups is 1. The molecule has 1 N–H and O–H groups in total. The largest absolute Gasteiger partial charge is 0.351 e. The summed E-state index contributed by atoms with van der Waals surface area (Å²) >= 11 is 3.14. The number of aromatic nitrogens is 3. The summed E-state index contributed by atoms with van der Waals surface area (Å²) in [6.45, 7) is 6.45. The minimum atomic E-state index is 0.0406. The van der Waals surface area contributed by atoms with Gasteiger partial charge in [-0.3, -0.25) is 4.79 Å². The lowest BCUT2D eigenvalue weighted by Crippen LogP contribution is -2.23. The molecule has 22 heavy (non-hydrogen) atoms. The predicted octanol–water partition coefficient (Wildman–Crippen LogP) is 2.83. The van der Waals surface area contributed by atoms with Gasteiger partial charge in [0.05, 0.1) is 11.6 Å². The van der Waals surface area contributed by atoms with Gasteiger partial charge < -0.3 is 5.32 Å². The Morgan fingerprint density at radius 1 is 1.27 bits per heavy atom. The Morgan fingerprint density at radius 2 is 1.95 bits per heavy atom. The first-order valence-corrected chi connectivity index (χ1v) is 9.10. The van der Waals surface area contributed by atoms with Crippen molar-refractivity contribution < 1.29 is 4.79 Å². The van der Waals surface area contributed by atoms with Gasteiger partial charge >= 0.3 is 0 Å². The van der Waals surface area contributed by atoms with E-state index in [1.807, 2.05) is 33.2 Å². The molecule has 1 amide bonds. The molecule has 5 nitrogen and oxygen atoms in total. The molecule has 7 heteroatoms. The average molecular weight is 336 g/mol. The van der Waals surface area contributed by atoms with Gasteiger partial charge in [0.15, 0.2) is 5.16 Å². The number of carbonyl (C=O) groups excluding carboxylic acids is 1. The third kappa shape index (κ3) is 4.51. The summed E-state index contributed by atoms with van der Waals surface area (Å²) in [7, 11) is 0. The quantitative estimate of drug-likeness (QED) is 0.649. The number of nitrogens with zero attached hydrogens (tertiary/aromatic N) is 3. The Bertz CT molecular complexity index is 646. The van der Waals surface area contributed by atoms with E-state index >= 15 is 0 Å². The number of thioether (sulfide) groups is 1. The van der Waals surface area contributed by atoms with Crippen LogP contribution in [0.4, 0.5) is 0 Å². The fourth-order valence-electron chi connectivity index (χ4n) is 2.16. The molecule has 2 rings (SSSR count). The zero-order valence-corrected chi connectivity index (χ0v) is 14.9. The maximum Gasteiger partial charge on any atom is 0.220 e. The van der Waals surface area contributed by atoms with Crippen LogP contribution in [0.25, 0.3) is 0 Å². The molecular formula is C15H20N4OS2. The first kappa shape index (κ1) is 16.9. The molecule has 0 aromatic carbocycles. The van der Waals surface area contributed by atoms with Crippen LogP contribution in [0.15, 0.2) is 11.4 Å². The van der Waals surface area contributed by atoms with Crippen molar-refractivity contribution in [2.24, 2.45) is 0 Å². The summed E-state index contributed by atoms with van der Waals surface area (Å²) in [4.78, 5) is 26.1. The summed E-state index contributed by atoms with van der Waals surface area (Å²) in [5.74, 6) is 0.0406. The Kier molecular flexibility index (Phi) is 5.90. The SMILES string of the molecule is CSc1nc(C)c(CCC(=O)NCc2cnc(C)s2)c(C)n1. The molecule has 0 saturated carbocycles. The molecule has 2 aromatic rings. The van der Waals surface area contributed by atoms with Crippen LogP contribution < -0.4 is 5.32 Å². The lowest BCUT2D eigenvalue weighted by molar-refractivity contribution is -0.121. The van der Waals surface area contributed by atoms with Crippen molar-refractivity contribution in [2.75, 3.05) is 6.26 Å². The minimum Gasteiger partial charge on any atom is -0.351 e. The van der Waals surface area contributed by atoms with Crippen LogP contribution in [0.3, 0.4) is 0 Å². The molecule has 118 valence electrons. The minimum absolute atomic E-state index is 0.0406. The van der Waals surface area contributed by atoms with E-state index in [1.165, 1.54) is 11.8 Å². The van der Waals surface area contributed by atoms with E-state index in [9.17, 15) is 4.79 Å². The van der Waals surface area contributed by atoms with Crippen LogP contribution in [0.2, 0.25) is 0 Å². The van der Waals surface area contributed by atoms with E-state index in [0.29, 0.717) is 19.4 Å². The Labute approximate surface area is 139 Å². The van der Waals surface area contributed by atoms with Crippen LogP contribution in [-0.2, 0) is 17.8 Å². The molecule has 0 aliphatic carbocycles. The molecule has 2 heterocycles. The van der Waals surface area contributed by atoms with E-state index in [-0.39, 0.29) is 5.91 Å². The summed E-state index contributed by atoms with van der Waals surface area (Å²) in [6.07, 6.45) is 4.88. The molecule has 2 aromatic heterocycles. The molecule has 0 unspecified atom stereocenters. The smallest absolute Gasteiger partial charge is 0.220 e. The molecule has 0 aliphatic rings. The topological polar surface area (TPSA) is 67.8 Å². The Balaban J connectivity index is 1.88. The zero-order valence-electron chi connectivity index (χ0n) is 13.3. The standard InChI is InChI=1S/C15H20N4OS2/c1-9-13(10(2)19-15(18-9)21-4)5-6-14(20)17-8-12-7-16-11(3)22-12/h7H,5-6,8H2,1-4H3,(H,17,20). The summed E-state index contributed by atoms with van der Waals surface area (Å²) in [6, 6.07) is 0. The Morgan fingerprint density at radius 3 is 2.50 bits per heavy atom. The van der Waals surface area contributed by atoms with Gasteiger partial charge in [-0.2, -0.15) is 0 Å². The molecule has 0 saturated heterocycles. The van der Waals surface area contributed by atoms with E-state index in [1.54, 1.807) is 11.3 Å². The van der Waals surface area contributed by atoms with Gasteiger partial charge in [0, 0.05) is 28.9 Å². The number of amides is 1. The van der Waals surface area contributed by atoms with Gasteiger partial charge in [-0.1, -0.05) is 11.8 Å². The van der Waals surface area contributed by atoms with Crippen LogP contribution in [0.1, 0.15) is 33.3 Å². The van der Waals surface area contributed by atoms with Gasteiger partial charge in [0.25, 0.3) is 0 Å². The number of hydrogen-bond donors (Lipinski definition) is 1. The van der Waals surface area contributed by atoms with Crippen molar-refractivity contribution in [3.63, 3.8) is 0 Å². The maximum atomic E-state index is 12.0. The van der Waals surface area contributed by atoms with Crippen LogP contribution in [0.5, 0.6) is 0 Å². The molecule has 0 radical (unpaired) electrons. The lowest BCUT2D eigenvalue weighted by atomic mass is 10.1. The van der Waals surface area contributed by atoms with Crippen molar-refractivity contribution in [3.05, 3.63) is 33.0 Å². The van der Waals surface area contributed by atoms with Gasteiger partial charge in [-0.25, -0.2) is 15.0 Å². The highest BCUT2D eigenvalue weighted by molar-refractivity contribution is 7.98. The lowest BCUT2D eigenvalue weighted by Gasteiger charge is -2.10. The molecular weight excluding hydrogens is 316 g/mol. The van der Waals surface area contributed by atoms with Crippen LogP contribution in [-0.4, -0.2) is 27.1 Å². The van der Waals surface area contributed by atoms with Crippen molar-refractivity contribution in [1.29, 1.82) is 0 Å². The first-order valence-electron chi connectivity index (χ1n) is 7.05. The summed E-state index contributed by atoms with van der Waals surface area (Å²) in [5.41, 5.74) is 2.99. The van der Waals surface area contributed by atoms with Gasteiger partial charge in [-0.05, 0) is 39.0 Å². The van der Waals surface area contributed by atoms with Gasteiger partial charge in [0.2, 0.25) is 5.91 Å². The third-order valence-electron chi connectivity index (χ3n) is 3.31. The van der Waals surface area contributed by atoms with Gasteiger partial charge in [0.1, 0.15) is 0 Å². The second kappa shape index (κ2) is 7.69. The Hall–Kier alpha value is -1.47. The number of rotatable bonds is 6. The third-order valence-corrected chi connectivity index (χ3v) is 4.77. The van der Waals surface area contributed by atoms with Crippen molar-refractivity contribution in [2.45, 2.75) is 45.3 Å². The summed E-state index contributed by atoms with van der Waals surface area (Å²) < 4.78 is 0. The van der Waals surface area contributed by atoms with E-state index in [4.69, 9.17) is 0 Å². The van der Waals surface area contributed by atoms with Crippen LogP contribution in [0, 0.1) is 20.8 Å². The van der Waals surface area contributed by atoms with E-state index < -0.39 is 0 Å². The normalized spacial score (nSPS) is 10.7. The van der Waals surface area contributed by atoms with E-state index in [2.05, 4.69) is 20.3 Å². The monoisotopic (exact) mass is 336 g/mol. The second-order valence-electron chi connectivity index (χ2n) is 4.98. The second-order valence-corrected chi connectivity index (χ2v) is 7.07. The molecule has 0 spiro atoms. The van der Waals surface area contributed by atoms with E-state index in [0.717, 1.165) is 32.0 Å². The highest BCUT2D eigenvalue weighted by Crippen LogP contribution is 2.17. The fourth-order valence-corrected chi connectivity index (χ4v) is 3.35. The van der Waals surface area contributed by atoms with Gasteiger partial charge in [-0.15, -0.1) is 11.3 Å². The molecule has 0 bridgehead atoms.